The Bertz CT molecular complexity index is 1190. The number of aryl methyl sites for hydroxylation is 1. The number of anilines is 1. The molecule has 0 bridgehead atoms. The Kier molecular flexibility index (Phi) is 6.64. The number of halogens is 2. The minimum atomic E-state index is -0.486. The molecule has 3 amide bonds. The minimum absolute atomic E-state index is 0.00450. The van der Waals surface area contributed by atoms with Crippen LogP contribution in [-0.4, -0.2) is 50.7 Å². The maximum Gasteiger partial charge on any atom is 0.314 e. The van der Waals surface area contributed by atoms with Gasteiger partial charge in [0.15, 0.2) is 5.65 Å². The van der Waals surface area contributed by atoms with Gasteiger partial charge in [0.25, 0.3) is 5.91 Å². The molecule has 9 nitrogen and oxygen atoms in total. The van der Waals surface area contributed by atoms with Crippen molar-refractivity contribution in [3.05, 3.63) is 52.6 Å². The molecule has 0 radical (unpaired) electrons. The summed E-state index contributed by atoms with van der Waals surface area (Å²) in [5.74, 6) is -0.875. The second-order valence-corrected chi connectivity index (χ2v) is 8.34. The molecule has 0 aliphatic carbocycles. The largest absolute Gasteiger partial charge is 0.381 e. The zero-order valence-corrected chi connectivity index (χ0v) is 18.9. The second-order valence-electron chi connectivity index (χ2n) is 7.91. The van der Waals surface area contributed by atoms with Gasteiger partial charge in [0.2, 0.25) is 0 Å². The van der Waals surface area contributed by atoms with Crippen molar-refractivity contribution in [1.29, 1.82) is 0 Å². The number of carbonyl (C=O) groups is 2. The smallest absolute Gasteiger partial charge is 0.314 e. The fourth-order valence-corrected chi connectivity index (χ4v) is 4.13. The third-order valence-electron chi connectivity index (χ3n) is 5.82. The molecule has 1 saturated heterocycles. The van der Waals surface area contributed by atoms with Gasteiger partial charge in [-0.1, -0.05) is 17.7 Å². The second kappa shape index (κ2) is 9.62. The summed E-state index contributed by atoms with van der Waals surface area (Å²) in [5, 5.41) is 11.6. The molecule has 1 aliphatic heterocycles. The van der Waals surface area contributed by atoms with E-state index in [1.807, 2.05) is 6.92 Å². The van der Waals surface area contributed by atoms with Crippen LogP contribution < -0.4 is 16.4 Å². The molecule has 3 heterocycles. The van der Waals surface area contributed by atoms with Crippen molar-refractivity contribution in [2.24, 2.45) is 5.73 Å². The van der Waals surface area contributed by atoms with Crippen LogP contribution in [0.4, 0.5) is 14.9 Å². The average molecular weight is 474 g/mol. The molecule has 2 aromatic heterocycles. The predicted molar refractivity (Wildman–Crippen MR) is 124 cm³/mol. The molecule has 11 heteroatoms. The number of amides is 3. The van der Waals surface area contributed by atoms with Crippen molar-refractivity contribution in [2.45, 2.75) is 38.9 Å². The highest BCUT2D eigenvalue weighted by molar-refractivity contribution is 6.30. The van der Waals surface area contributed by atoms with Crippen LogP contribution in [0, 0.1) is 5.82 Å². The number of likely N-dealkylation sites (tertiary alicyclic amines) is 1. The van der Waals surface area contributed by atoms with Crippen LogP contribution in [0.25, 0.3) is 11.0 Å². The summed E-state index contributed by atoms with van der Waals surface area (Å²) in [6.07, 6.45) is 4.56. The van der Waals surface area contributed by atoms with Gasteiger partial charge in [-0.3, -0.25) is 4.79 Å². The average Bonchev–Trinajstić information content (AvgIpc) is 3.22. The highest BCUT2D eigenvalue weighted by Gasteiger charge is 2.25. The number of nitrogens with one attached hydrogen (secondary N) is 2. The monoisotopic (exact) mass is 473 g/mol. The molecule has 33 heavy (non-hydrogen) atoms. The molecular formula is C22H25ClFN7O2. The van der Waals surface area contributed by atoms with Crippen LogP contribution in [0.5, 0.6) is 0 Å². The number of pyridine rings is 1. The number of hydrogen-bond acceptors (Lipinski definition) is 5. The lowest BCUT2D eigenvalue weighted by molar-refractivity contribution is 0.0951. The quantitative estimate of drug-likeness (QED) is 0.508. The van der Waals surface area contributed by atoms with E-state index in [9.17, 15) is 14.0 Å². The normalized spacial score (nSPS) is 14.5. The van der Waals surface area contributed by atoms with Crippen LogP contribution in [-0.2, 0) is 13.1 Å². The summed E-state index contributed by atoms with van der Waals surface area (Å²) >= 11 is 5.80. The Morgan fingerprint density at radius 1 is 1.27 bits per heavy atom. The van der Waals surface area contributed by atoms with Crippen LogP contribution in [0.2, 0.25) is 5.02 Å². The van der Waals surface area contributed by atoms with Crippen molar-refractivity contribution in [3.63, 3.8) is 0 Å². The number of nitrogens with two attached hydrogens (primary N) is 1. The Hall–Kier alpha value is -3.40. The number of nitrogens with zero attached hydrogens (tertiary/aromatic N) is 4. The first kappa shape index (κ1) is 22.8. The number of hydrogen-bond donors (Lipinski definition) is 3. The molecule has 4 N–H and O–H groups in total. The zero-order chi connectivity index (χ0) is 23.5. The van der Waals surface area contributed by atoms with Crippen LogP contribution >= 0.6 is 11.6 Å². The number of carbonyl (C=O) groups excluding carboxylic acids is 2. The Labute approximate surface area is 195 Å². The maximum absolute atomic E-state index is 14.1. The summed E-state index contributed by atoms with van der Waals surface area (Å²) in [6.45, 7) is 3.67. The van der Waals surface area contributed by atoms with E-state index in [1.54, 1.807) is 21.8 Å². The van der Waals surface area contributed by atoms with Gasteiger partial charge in [-0.05, 0) is 31.9 Å². The molecule has 0 unspecified atom stereocenters. The van der Waals surface area contributed by atoms with Crippen molar-refractivity contribution >= 4 is 40.3 Å². The lowest BCUT2D eigenvalue weighted by atomic mass is 10.0. The number of piperidine rings is 1. The lowest BCUT2D eigenvalue weighted by Crippen LogP contribution is -2.44. The van der Waals surface area contributed by atoms with Gasteiger partial charge < -0.3 is 21.3 Å². The number of primary amides is 1. The van der Waals surface area contributed by atoms with Crippen LogP contribution in [0.15, 0.2) is 30.6 Å². The topological polar surface area (TPSA) is 118 Å². The van der Waals surface area contributed by atoms with Gasteiger partial charge >= 0.3 is 6.03 Å². The summed E-state index contributed by atoms with van der Waals surface area (Å²) < 4.78 is 15.9. The third-order valence-corrected chi connectivity index (χ3v) is 6.06. The molecule has 1 aromatic carbocycles. The fraction of sp³-hybridized carbons (Fsp3) is 0.364. The molecule has 0 atom stereocenters. The maximum atomic E-state index is 14.1. The molecule has 3 aromatic rings. The summed E-state index contributed by atoms with van der Waals surface area (Å²) in [7, 11) is 0. The van der Waals surface area contributed by atoms with Gasteiger partial charge in [0.05, 0.1) is 22.8 Å². The van der Waals surface area contributed by atoms with Crippen LogP contribution in [0.1, 0.15) is 35.7 Å². The van der Waals surface area contributed by atoms with Gasteiger partial charge in [-0.2, -0.15) is 5.10 Å². The Balaban J connectivity index is 1.59. The highest BCUT2D eigenvalue weighted by atomic mass is 35.5. The molecular weight excluding hydrogens is 449 g/mol. The highest BCUT2D eigenvalue weighted by Crippen LogP contribution is 2.28. The van der Waals surface area contributed by atoms with E-state index in [0.29, 0.717) is 60.0 Å². The Morgan fingerprint density at radius 2 is 2.03 bits per heavy atom. The first-order chi connectivity index (χ1) is 15.9. The van der Waals surface area contributed by atoms with Gasteiger partial charge in [0, 0.05) is 49.0 Å². The third kappa shape index (κ3) is 4.85. The molecule has 1 fully saturated rings. The van der Waals surface area contributed by atoms with E-state index in [1.165, 1.54) is 18.3 Å². The van der Waals surface area contributed by atoms with E-state index in [2.05, 4.69) is 20.7 Å². The number of urea groups is 1. The van der Waals surface area contributed by atoms with Gasteiger partial charge in [-0.15, -0.1) is 0 Å². The van der Waals surface area contributed by atoms with E-state index in [0.717, 1.165) is 5.39 Å². The summed E-state index contributed by atoms with van der Waals surface area (Å²) in [6, 6.07) is 3.93. The minimum Gasteiger partial charge on any atom is -0.381 e. The van der Waals surface area contributed by atoms with Gasteiger partial charge in [0.1, 0.15) is 5.82 Å². The first-order valence-corrected chi connectivity index (χ1v) is 11.1. The summed E-state index contributed by atoms with van der Waals surface area (Å²) in [4.78, 5) is 30.6. The van der Waals surface area contributed by atoms with E-state index in [-0.39, 0.29) is 18.5 Å². The van der Waals surface area contributed by atoms with Gasteiger partial charge in [-0.25, -0.2) is 18.9 Å². The molecule has 0 spiro atoms. The first-order valence-electron chi connectivity index (χ1n) is 10.7. The predicted octanol–water partition coefficient (Wildman–Crippen LogP) is 3.13. The fourth-order valence-electron chi connectivity index (χ4n) is 3.97. The number of rotatable bonds is 6. The lowest BCUT2D eigenvalue weighted by Gasteiger charge is -2.32. The van der Waals surface area contributed by atoms with Crippen LogP contribution in [0.3, 0.4) is 0 Å². The molecule has 1 aliphatic rings. The van der Waals surface area contributed by atoms with E-state index >= 15 is 0 Å². The molecule has 0 saturated carbocycles. The number of fused-ring (bicyclic) bond motifs is 1. The van der Waals surface area contributed by atoms with E-state index in [4.69, 9.17) is 17.3 Å². The SMILES string of the molecule is CCn1ncc2c(NC3CCN(C(N)=O)CC3)c(C(=O)NCc3ccc(Cl)cc3F)cnc21. The summed E-state index contributed by atoms with van der Waals surface area (Å²) in [5.41, 5.74) is 7.33. The van der Waals surface area contributed by atoms with Crippen molar-refractivity contribution in [2.75, 3.05) is 18.4 Å². The van der Waals surface area contributed by atoms with E-state index < -0.39 is 11.8 Å². The van der Waals surface area contributed by atoms with Crippen molar-refractivity contribution in [1.82, 2.24) is 25.0 Å². The number of aromatic nitrogens is 3. The van der Waals surface area contributed by atoms with Crippen molar-refractivity contribution < 1.29 is 14.0 Å². The standard InChI is InChI=1S/C22H25ClFN7O2/c1-2-31-20-16(12-28-31)19(29-15-5-7-30(8-6-15)22(25)33)17(11-26-20)21(32)27-10-13-3-4-14(23)9-18(13)24/h3-4,9,11-12,15H,2,5-8,10H2,1H3,(H2,25,33)(H,26,29)(H,27,32). The Morgan fingerprint density at radius 3 is 2.70 bits per heavy atom. The van der Waals surface area contributed by atoms with Crippen molar-refractivity contribution in [3.8, 4) is 0 Å². The zero-order valence-electron chi connectivity index (χ0n) is 18.1. The number of benzene rings is 1. The molecule has 4 rings (SSSR count). The molecule has 174 valence electrons.